The van der Waals surface area contributed by atoms with E-state index in [0.29, 0.717) is 0 Å². The van der Waals surface area contributed by atoms with Gasteiger partial charge >= 0.3 is 5.97 Å². The molecule has 0 aliphatic carbocycles. The summed E-state index contributed by atoms with van der Waals surface area (Å²) in [6.45, 7) is 2.07. The molecule has 2 heteroatoms. The summed E-state index contributed by atoms with van der Waals surface area (Å²) in [7, 11) is 0. The van der Waals surface area contributed by atoms with Gasteiger partial charge in [-0.15, -0.1) is 0 Å². The van der Waals surface area contributed by atoms with Gasteiger partial charge in [-0.1, -0.05) is 72.9 Å². The maximum Gasteiger partial charge on any atom is 0.303 e. The summed E-state index contributed by atoms with van der Waals surface area (Å²) >= 11 is 0. The lowest BCUT2D eigenvalue weighted by molar-refractivity contribution is -0.137. The van der Waals surface area contributed by atoms with Crippen LogP contribution in [0, 0.1) is 0 Å². The number of hydrogen-bond donors (Lipinski definition) is 1. The van der Waals surface area contributed by atoms with E-state index < -0.39 is 5.97 Å². The van der Waals surface area contributed by atoms with Crippen molar-refractivity contribution in [1.29, 1.82) is 0 Å². The van der Waals surface area contributed by atoms with Crippen LogP contribution in [0.3, 0.4) is 0 Å². The Morgan fingerprint density at radius 1 is 0.500 bits per heavy atom. The van der Waals surface area contributed by atoms with Crippen molar-refractivity contribution in [3.63, 3.8) is 0 Å². The first-order valence-corrected chi connectivity index (χ1v) is 11.8. The Kier molecular flexibility index (Phi) is 23.2. The molecule has 0 aliphatic heterocycles. The molecular formula is C28H44O2. The Morgan fingerprint density at radius 3 is 1.10 bits per heavy atom. The molecule has 0 bridgehead atoms. The van der Waals surface area contributed by atoms with Crippen molar-refractivity contribution in [1.82, 2.24) is 0 Å². The van der Waals surface area contributed by atoms with E-state index in [2.05, 4.69) is 79.8 Å². The molecule has 0 aliphatic rings. The summed E-state index contributed by atoms with van der Waals surface area (Å²) in [5.41, 5.74) is 0. The van der Waals surface area contributed by atoms with Gasteiger partial charge in [-0.2, -0.15) is 0 Å². The van der Waals surface area contributed by atoms with Gasteiger partial charge in [-0.3, -0.25) is 4.79 Å². The Balaban J connectivity index is 3.39. The van der Waals surface area contributed by atoms with Crippen LogP contribution in [0.25, 0.3) is 0 Å². The van der Waals surface area contributed by atoms with Crippen LogP contribution < -0.4 is 0 Å². The second-order valence-corrected chi connectivity index (χ2v) is 7.45. The SMILES string of the molecule is CC=CCCC=CCCC=CCCC=CCCC=CCCC=CCCCCC(=O)O. The largest absolute Gasteiger partial charge is 0.481 e. The minimum atomic E-state index is -0.693. The van der Waals surface area contributed by atoms with E-state index >= 15 is 0 Å². The van der Waals surface area contributed by atoms with Crippen LogP contribution in [0.4, 0.5) is 0 Å². The molecule has 0 aromatic rings. The molecule has 0 unspecified atom stereocenters. The number of unbranched alkanes of at least 4 members (excludes halogenated alkanes) is 7. The fourth-order valence-corrected chi connectivity index (χ4v) is 2.85. The summed E-state index contributed by atoms with van der Waals surface area (Å²) in [6, 6.07) is 0. The third-order valence-electron chi connectivity index (χ3n) is 4.58. The molecule has 0 heterocycles. The van der Waals surface area contributed by atoms with Crippen molar-refractivity contribution in [2.24, 2.45) is 0 Å². The van der Waals surface area contributed by atoms with Crippen LogP contribution in [0.15, 0.2) is 72.9 Å². The number of carboxylic acid groups (broad SMARTS) is 1. The van der Waals surface area contributed by atoms with Gasteiger partial charge in [0.15, 0.2) is 0 Å². The zero-order valence-electron chi connectivity index (χ0n) is 19.2. The van der Waals surface area contributed by atoms with Crippen molar-refractivity contribution >= 4 is 5.97 Å². The molecule has 0 spiro atoms. The molecule has 0 amide bonds. The van der Waals surface area contributed by atoms with Crippen LogP contribution in [-0.2, 0) is 4.79 Å². The molecule has 0 rings (SSSR count). The van der Waals surface area contributed by atoms with Gasteiger partial charge in [-0.05, 0) is 90.4 Å². The van der Waals surface area contributed by atoms with Gasteiger partial charge in [0.05, 0.1) is 0 Å². The normalized spacial score (nSPS) is 12.8. The molecule has 0 saturated heterocycles. The molecule has 0 atom stereocenters. The van der Waals surface area contributed by atoms with Gasteiger partial charge in [0.2, 0.25) is 0 Å². The Bertz CT molecular complexity index is 547. The number of hydrogen-bond acceptors (Lipinski definition) is 1. The standard InChI is InChI=1S/C28H44O2/c1-2-3-4-5-6-7-8-9-10-11-12-13-14-15-16-17-18-19-20-21-22-23-24-25-26-27-28(29)30/h2-3,6-7,10-11,14-15,18-19,22-23H,4-5,8-9,12-13,16-17,20-21,24-27H2,1H3,(H,29,30). The molecule has 0 fully saturated rings. The van der Waals surface area contributed by atoms with Crippen LogP contribution in [0.5, 0.6) is 0 Å². The Morgan fingerprint density at radius 2 is 0.800 bits per heavy atom. The number of rotatable bonds is 20. The predicted octanol–water partition coefficient (Wildman–Crippen LogP) is 8.89. The van der Waals surface area contributed by atoms with Crippen LogP contribution >= 0.6 is 0 Å². The minimum Gasteiger partial charge on any atom is -0.481 e. The van der Waals surface area contributed by atoms with Gasteiger partial charge in [0.25, 0.3) is 0 Å². The highest BCUT2D eigenvalue weighted by Gasteiger charge is 1.94. The first-order valence-electron chi connectivity index (χ1n) is 11.8. The lowest BCUT2D eigenvalue weighted by Gasteiger charge is -1.93. The summed E-state index contributed by atoms with van der Waals surface area (Å²) in [5, 5.41) is 8.56. The van der Waals surface area contributed by atoms with Crippen LogP contribution in [0.2, 0.25) is 0 Å². The van der Waals surface area contributed by atoms with E-state index in [9.17, 15) is 4.79 Å². The monoisotopic (exact) mass is 412 g/mol. The number of carbonyl (C=O) groups is 1. The molecule has 0 aromatic carbocycles. The van der Waals surface area contributed by atoms with E-state index in [1.165, 1.54) is 0 Å². The fraction of sp³-hybridized carbons (Fsp3) is 0.536. The van der Waals surface area contributed by atoms with Crippen LogP contribution in [-0.4, -0.2) is 11.1 Å². The highest BCUT2D eigenvalue weighted by molar-refractivity contribution is 5.66. The quantitative estimate of drug-likeness (QED) is 0.160. The van der Waals surface area contributed by atoms with Gasteiger partial charge in [0.1, 0.15) is 0 Å². The molecule has 2 nitrogen and oxygen atoms in total. The summed E-state index contributed by atoms with van der Waals surface area (Å²) in [6.07, 6.45) is 41.3. The van der Waals surface area contributed by atoms with E-state index in [4.69, 9.17) is 5.11 Å². The zero-order valence-corrected chi connectivity index (χ0v) is 19.2. The van der Waals surface area contributed by atoms with Crippen molar-refractivity contribution < 1.29 is 9.90 Å². The molecule has 0 saturated carbocycles. The van der Waals surface area contributed by atoms with E-state index in [-0.39, 0.29) is 6.42 Å². The average molecular weight is 413 g/mol. The third-order valence-corrected chi connectivity index (χ3v) is 4.58. The second kappa shape index (κ2) is 24.9. The fourth-order valence-electron chi connectivity index (χ4n) is 2.85. The van der Waals surface area contributed by atoms with Gasteiger partial charge < -0.3 is 5.11 Å². The first-order chi connectivity index (χ1) is 14.8. The Hall–Kier alpha value is -2.09. The Labute approximate surface area is 185 Å². The molecule has 168 valence electrons. The number of allylic oxidation sites excluding steroid dienone is 12. The first kappa shape index (κ1) is 27.9. The van der Waals surface area contributed by atoms with E-state index in [0.717, 1.165) is 83.5 Å². The molecular weight excluding hydrogens is 368 g/mol. The molecule has 0 aromatic heterocycles. The lowest BCUT2D eigenvalue weighted by Crippen LogP contribution is -1.92. The maximum absolute atomic E-state index is 10.4. The van der Waals surface area contributed by atoms with Crippen LogP contribution in [0.1, 0.15) is 96.8 Å². The second-order valence-electron chi connectivity index (χ2n) is 7.45. The molecule has 30 heavy (non-hydrogen) atoms. The third kappa shape index (κ3) is 25.9. The minimum absolute atomic E-state index is 0.289. The van der Waals surface area contributed by atoms with E-state index in [1.807, 2.05) is 0 Å². The summed E-state index contributed by atoms with van der Waals surface area (Å²) in [4.78, 5) is 10.4. The molecule has 1 N–H and O–H groups in total. The van der Waals surface area contributed by atoms with E-state index in [1.54, 1.807) is 0 Å². The highest BCUT2D eigenvalue weighted by atomic mass is 16.4. The van der Waals surface area contributed by atoms with Crippen molar-refractivity contribution in [2.75, 3.05) is 0 Å². The topological polar surface area (TPSA) is 37.3 Å². The van der Waals surface area contributed by atoms with Crippen molar-refractivity contribution in [2.45, 2.75) is 96.8 Å². The van der Waals surface area contributed by atoms with Gasteiger partial charge in [-0.25, -0.2) is 0 Å². The smallest absolute Gasteiger partial charge is 0.303 e. The number of carboxylic acids is 1. The molecule has 0 radical (unpaired) electrons. The highest BCUT2D eigenvalue weighted by Crippen LogP contribution is 2.04. The lowest BCUT2D eigenvalue weighted by atomic mass is 10.1. The summed E-state index contributed by atoms with van der Waals surface area (Å²) in [5.74, 6) is -0.693. The average Bonchev–Trinajstić information content (AvgIpc) is 2.73. The van der Waals surface area contributed by atoms with Crippen molar-refractivity contribution in [3.8, 4) is 0 Å². The number of aliphatic carboxylic acids is 1. The summed E-state index contributed by atoms with van der Waals surface area (Å²) < 4.78 is 0. The maximum atomic E-state index is 10.4. The van der Waals surface area contributed by atoms with Crippen molar-refractivity contribution in [3.05, 3.63) is 72.9 Å². The van der Waals surface area contributed by atoms with Gasteiger partial charge in [0, 0.05) is 6.42 Å². The predicted molar refractivity (Wildman–Crippen MR) is 133 cm³/mol. The zero-order chi connectivity index (χ0) is 22.0.